The predicted molar refractivity (Wildman–Crippen MR) is 86.5 cm³/mol. The van der Waals surface area contributed by atoms with Gasteiger partial charge in [0.05, 0.1) is 11.6 Å². The van der Waals surface area contributed by atoms with Gasteiger partial charge in [-0.25, -0.2) is 9.97 Å². The van der Waals surface area contributed by atoms with E-state index >= 15 is 0 Å². The second kappa shape index (κ2) is 6.44. The molecule has 5 nitrogen and oxygen atoms in total. The molecular formula is C15H22N3O2P. The van der Waals surface area contributed by atoms with Crippen molar-refractivity contribution in [2.24, 2.45) is 0 Å². The van der Waals surface area contributed by atoms with Gasteiger partial charge in [-0.2, -0.15) is 0 Å². The maximum absolute atomic E-state index is 13.0. The molecule has 0 unspecified atom stereocenters. The summed E-state index contributed by atoms with van der Waals surface area (Å²) in [6.45, 7) is 5.98. The molecule has 0 bridgehead atoms. The van der Waals surface area contributed by atoms with Gasteiger partial charge >= 0.3 is 0 Å². The van der Waals surface area contributed by atoms with Crippen LogP contribution in [0.1, 0.15) is 32.8 Å². The first-order valence-corrected chi connectivity index (χ1v) is 9.41. The lowest BCUT2D eigenvalue weighted by Crippen LogP contribution is -2.11. The highest BCUT2D eigenvalue weighted by Crippen LogP contribution is 2.46. The van der Waals surface area contributed by atoms with Crippen molar-refractivity contribution >= 4 is 18.4 Å². The number of anilines is 1. The van der Waals surface area contributed by atoms with Crippen molar-refractivity contribution in [1.29, 1.82) is 0 Å². The molecule has 0 spiro atoms. The van der Waals surface area contributed by atoms with Gasteiger partial charge in [0, 0.05) is 24.1 Å². The topological polar surface area (TPSA) is 82.0 Å². The van der Waals surface area contributed by atoms with Crippen LogP contribution < -0.4 is 11.0 Å². The Morgan fingerprint density at radius 3 is 2.62 bits per heavy atom. The molecule has 0 fully saturated rings. The van der Waals surface area contributed by atoms with Crippen LogP contribution in [0.5, 0.6) is 0 Å². The Balaban J connectivity index is 2.61. The normalized spacial score (nSPS) is 11.8. The molecule has 2 heterocycles. The predicted octanol–water partition coefficient (Wildman–Crippen LogP) is 3.30. The Labute approximate surface area is 125 Å². The maximum Gasteiger partial charge on any atom is 0.220 e. The fraction of sp³-hybridized carbons (Fsp3) is 0.467. The van der Waals surface area contributed by atoms with Crippen molar-refractivity contribution in [1.82, 2.24) is 9.97 Å². The summed E-state index contributed by atoms with van der Waals surface area (Å²) >= 11 is 0. The average molecular weight is 307 g/mol. The number of aromatic nitrogens is 2. The number of hydrogen-bond donors (Lipinski definition) is 1. The van der Waals surface area contributed by atoms with E-state index in [0.29, 0.717) is 23.8 Å². The van der Waals surface area contributed by atoms with Gasteiger partial charge in [0.25, 0.3) is 0 Å². The molecule has 2 aromatic heterocycles. The van der Waals surface area contributed by atoms with Gasteiger partial charge < -0.3 is 14.7 Å². The van der Waals surface area contributed by atoms with Gasteiger partial charge in [-0.15, -0.1) is 0 Å². The molecule has 2 aromatic rings. The number of hydrogen-bond acceptors (Lipinski definition) is 5. The van der Waals surface area contributed by atoms with E-state index in [1.165, 1.54) is 0 Å². The summed E-state index contributed by atoms with van der Waals surface area (Å²) in [5.74, 6) is 0.787. The molecule has 0 saturated heterocycles. The van der Waals surface area contributed by atoms with Gasteiger partial charge in [-0.05, 0) is 12.5 Å². The van der Waals surface area contributed by atoms with Crippen LogP contribution in [0, 0.1) is 0 Å². The molecule has 21 heavy (non-hydrogen) atoms. The zero-order valence-electron chi connectivity index (χ0n) is 12.8. The number of nitrogens with zero attached hydrogens (tertiary/aromatic N) is 2. The zero-order valence-corrected chi connectivity index (χ0v) is 13.7. The summed E-state index contributed by atoms with van der Waals surface area (Å²) in [5, 5.41) is 0.767. The van der Waals surface area contributed by atoms with E-state index in [1.807, 2.05) is 13.8 Å². The van der Waals surface area contributed by atoms with Gasteiger partial charge in [0.2, 0.25) is 5.95 Å². The molecular weight excluding hydrogens is 285 g/mol. The molecule has 6 heteroatoms. The van der Waals surface area contributed by atoms with Crippen LogP contribution in [0.2, 0.25) is 0 Å². The van der Waals surface area contributed by atoms with E-state index in [-0.39, 0.29) is 5.95 Å². The Morgan fingerprint density at radius 1 is 1.29 bits per heavy atom. The number of nitrogens with two attached hydrogens (primary N) is 1. The number of furan rings is 1. The van der Waals surface area contributed by atoms with Crippen LogP contribution in [-0.4, -0.2) is 22.3 Å². The van der Waals surface area contributed by atoms with Crippen LogP contribution >= 0.6 is 7.14 Å². The fourth-order valence-electron chi connectivity index (χ4n) is 2.43. The molecule has 114 valence electrons. The first-order valence-electron chi connectivity index (χ1n) is 7.33. The highest BCUT2D eigenvalue weighted by molar-refractivity contribution is 7.71. The standard InChI is InChI=1S/C15H22N3O2P/c1-4-7-11-10-17-15(16)18-13(11)14-12(8-9-20-14)21(19,5-2)6-3/h8-10H,4-7H2,1-3H3,(H2,16,17,18). The lowest BCUT2D eigenvalue weighted by molar-refractivity contribution is 0.575. The third kappa shape index (κ3) is 3.03. The third-order valence-corrected chi connectivity index (χ3v) is 7.00. The highest BCUT2D eigenvalue weighted by Gasteiger charge is 2.28. The lowest BCUT2D eigenvalue weighted by atomic mass is 10.1. The van der Waals surface area contributed by atoms with Crippen LogP contribution in [0.4, 0.5) is 5.95 Å². The molecule has 0 atom stereocenters. The minimum absolute atomic E-state index is 0.204. The largest absolute Gasteiger partial charge is 0.462 e. The smallest absolute Gasteiger partial charge is 0.220 e. The molecule has 0 aliphatic carbocycles. The Kier molecular flexibility index (Phi) is 4.84. The van der Waals surface area contributed by atoms with Crippen molar-refractivity contribution in [3.8, 4) is 11.5 Å². The molecule has 0 amide bonds. The van der Waals surface area contributed by atoms with Crippen LogP contribution in [-0.2, 0) is 11.0 Å². The van der Waals surface area contributed by atoms with Gasteiger partial charge in [-0.3, -0.25) is 0 Å². The van der Waals surface area contributed by atoms with Crippen LogP contribution in [0.25, 0.3) is 11.5 Å². The highest BCUT2D eigenvalue weighted by atomic mass is 31.2. The first kappa shape index (κ1) is 15.8. The molecule has 0 radical (unpaired) electrons. The van der Waals surface area contributed by atoms with Crippen molar-refractivity contribution in [3.05, 3.63) is 24.1 Å². The molecule has 0 aliphatic rings. The van der Waals surface area contributed by atoms with E-state index in [2.05, 4.69) is 16.9 Å². The maximum atomic E-state index is 13.0. The minimum Gasteiger partial charge on any atom is -0.462 e. The lowest BCUT2D eigenvalue weighted by Gasteiger charge is -2.15. The Morgan fingerprint density at radius 2 is 2.00 bits per heavy atom. The molecule has 0 saturated carbocycles. The molecule has 2 rings (SSSR count). The van der Waals surface area contributed by atoms with Gasteiger partial charge in [0.1, 0.15) is 12.8 Å². The van der Waals surface area contributed by atoms with Crippen LogP contribution in [0.15, 0.2) is 22.9 Å². The Bertz CT molecular complexity index is 659. The van der Waals surface area contributed by atoms with E-state index < -0.39 is 7.14 Å². The van der Waals surface area contributed by atoms with E-state index in [1.54, 1.807) is 18.5 Å². The molecule has 2 N–H and O–H groups in total. The van der Waals surface area contributed by atoms with Crippen molar-refractivity contribution < 1.29 is 8.98 Å². The fourth-order valence-corrected chi connectivity index (χ4v) is 4.42. The quantitative estimate of drug-likeness (QED) is 0.828. The van der Waals surface area contributed by atoms with Gasteiger partial charge in [0.15, 0.2) is 5.76 Å². The SMILES string of the molecule is CCCc1cnc(N)nc1-c1occc1P(=O)(CC)CC. The second-order valence-electron chi connectivity index (χ2n) is 5.01. The average Bonchev–Trinajstić information content (AvgIpc) is 2.98. The number of nitrogen functional groups attached to an aromatic ring is 1. The third-order valence-electron chi connectivity index (χ3n) is 3.72. The zero-order chi connectivity index (χ0) is 15.5. The summed E-state index contributed by atoms with van der Waals surface area (Å²) in [4.78, 5) is 8.39. The van der Waals surface area contributed by atoms with Gasteiger partial charge in [-0.1, -0.05) is 27.2 Å². The minimum atomic E-state index is -2.44. The van der Waals surface area contributed by atoms with E-state index in [0.717, 1.165) is 23.7 Å². The van der Waals surface area contributed by atoms with Crippen molar-refractivity contribution in [2.45, 2.75) is 33.6 Å². The van der Waals surface area contributed by atoms with E-state index in [9.17, 15) is 4.57 Å². The molecule has 0 aliphatic heterocycles. The summed E-state index contributed by atoms with van der Waals surface area (Å²) in [6, 6.07) is 1.80. The summed E-state index contributed by atoms with van der Waals surface area (Å²) in [7, 11) is -2.44. The monoisotopic (exact) mass is 307 g/mol. The van der Waals surface area contributed by atoms with Crippen molar-refractivity contribution in [3.63, 3.8) is 0 Å². The second-order valence-corrected chi connectivity index (χ2v) is 8.53. The molecule has 0 aromatic carbocycles. The summed E-state index contributed by atoms with van der Waals surface area (Å²) in [5.41, 5.74) is 7.37. The Hall–Kier alpha value is -1.61. The van der Waals surface area contributed by atoms with Crippen LogP contribution in [0.3, 0.4) is 0 Å². The summed E-state index contributed by atoms with van der Waals surface area (Å²) < 4.78 is 18.7. The van der Waals surface area contributed by atoms with E-state index in [4.69, 9.17) is 10.2 Å². The first-order chi connectivity index (χ1) is 10.1. The number of aryl methyl sites for hydroxylation is 1. The summed E-state index contributed by atoms with van der Waals surface area (Å²) in [6.07, 6.45) is 6.33. The van der Waals surface area contributed by atoms with Crippen molar-refractivity contribution in [2.75, 3.05) is 18.1 Å². The number of rotatable bonds is 6.